The summed E-state index contributed by atoms with van der Waals surface area (Å²) in [6, 6.07) is 13.5. The summed E-state index contributed by atoms with van der Waals surface area (Å²) in [7, 11) is -2.21. The van der Waals surface area contributed by atoms with E-state index >= 15 is 0 Å². The van der Waals surface area contributed by atoms with E-state index in [1.165, 1.54) is 11.4 Å². The van der Waals surface area contributed by atoms with Crippen LogP contribution >= 0.6 is 11.6 Å². The molecule has 1 aliphatic heterocycles. The summed E-state index contributed by atoms with van der Waals surface area (Å²) in [5, 5.41) is 3.99. The second-order valence-electron chi connectivity index (χ2n) is 7.34. The van der Waals surface area contributed by atoms with E-state index in [4.69, 9.17) is 16.3 Å². The quantitative estimate of drug-likeness (QED) is 0.624. The van der Waals surface area contributed by atoms with Crippen LogP contribution in [0.5, 0.6) is 5.75 Å². The second kappa shape index (κ2) is 8.82. The van der Waals surface area contributed by atoms with Gasteiger partial charge in [0.1, 0.15) is 11.3 Å². The number of hydrogen-bond acceptors (Lipinski definition) is 5. The molecule has 7 nitrogen and oxygen atoms in total. The van der Waals surface area contributed by atoms with Crippen molar-refractivity contribution in [3.05, 3.63) is 59.8 Å². The second-order valence-corrected chi connectivity index (χ2v) is 9.68. The number of nitrogens with one attached hydrogen (secondary N) is 1. The van der Waals surface area contributed by atoms with Gasteiger partial charge in [-0.05, 0) is 61.4 Å². The van der Waals surface area contributed by atoms with E-state index in [9.17, 15) is 13.2 Å². The molecule has 0 unspecified atom stereocenters. The largest absolute Gasteiger partial charge is 0.494 e. The van der Waals surface area contributed by atoms with Crippen LogP contribution in [0.4, 0.5) is 5.69 Å². The monoisotopic (exact) mass is 459 g/mol. The van der Waals surface area contributed by atoms with Crippen molar-refractivity contribution in [3.63, 3.8) is 0 Å². The fraction of sp³-hybridized carbons (Fsp3) is 0.273. The van der Waals surface area contributed by atoms with Gasteiger partial charge < -0.3 is 10.1 Å². The van der Waals surface area contributed by atoms with E-state index < -0.39 is 10.0 Å². The van der Waals surface area contributed by atoms with Crippen molar-refractivity contribution >= 4 is 44.1 Å². The molecule has 2 heterocycles. The highest BCUT2D eigenvalue weighted by molar-refractivity contribution is 7.89. The molecule has 0 spiro atoms. The first-order valence-electron chi connectivity index (χ1n) is 9.88. The topological polar surface area (TPSA) is 88.6 Å². The highest BCUT2D eigenvalue weighted by Crippen LogP contribution is 2.32. The van der Waals surface area contributed by atoms with Crippen molar-refractivity contribution < 1.29 is 17.9 Å². The number of hydrogen-bond donors (Lipinski definition) is 1. The molecule has 0 atom stereocenters. The standard InChI is InChI=1S/C22H22ClN3O4S/c1-30-19-8-9-20(18-3-2-12-24-21(18)19)31(28,29)26-13-10-15(11-14-26)22(27)25-17-6-4-16(23)5-7-17/h2-9,12,15H,10-11,13-14H2,1H3,(H,25,27). The molecule has 9 heteroatoms. The Hall–Kier alpha value is -2.68. The minimum absolute atomic E-state index is 0.113. The lowest BCUT2D eigenvalue weighted by atomic mass is 9.97. The highest BCUT2D eigenvalue weighted by atomic mass is 35.5. The van der Waals surface area contributed by atoms with Crippen LogP contribution in [0.1, 0.15) is 12.8 Å². The predicted molar refractivity (Wildman–Crippen MR) is 120 cm³/mol. The van der Waals surface area contributed by atoms with Gasteiger partial charge >= 0.3 is 0 Å². The molecule has 1 amide bonds. The normalized spacial score (nSPS) is 15.7. The maximum atomic E-state index is 13.3. The summed E-state index contributed by atoms with van der Waals surface area (Å²) < 4.78 is 33.4. The molecule has 0 radical (unpaired) electrons. The minimum Gasteiger partial charge on any atom is -0.494 e. The Balaban J connectivity index is 1.49. The number of carbonyl (C=O) groups excluding carboxylic acids is 1. The van der Waals surface area contributed by atoms with Crippen LogP contribution < -0.4 is 10.1 Å². The number of pyridine rings is 1. The number of sulfonamides is 1. The van der Waals surface area contributed by atoms with E-state index in [2.05, 4.69) is 10.3 Å². The number of piperidine rings is 1. The molecule has 1 aromatic heterocycles. The number of anilines is 1. The van der Waals surface area contributed by atoms with Crippen LogP contribution in [0.2, 0.25) is 5.02 Å². The van der Waals surface area contributed by atoms with Gasteiger partial charge in [-0.3, -0.25) is 9.78 Å². The summed E-state index contributed by atoms with van der Waals surface area (Å²) in [5.74, 6) is 0.155. The van der Waals surface area contributed by atoms with Crippen molar-refractivity contribution in [2.75, 3.05) is 25.5 Å². The molecule has 162 valence electrons. The van der Waals surface area contributed by atoms with E-state index in [0.717, 1.165) is 0 Å². The van der Waals surface area contributed by atoms with Crippen molar-refractivity contribution in [1.29, 1.82) is 0 Å². The Bertz CT molecular complexity index is 1210. The Kier molecular flexibility index (Phi) is 6.13. The van der Waals surface area contributed by atoms with Crippen LogP contribution in [0, 0.1) is 5.92 Å². The van der Waals surface area contributed by atoms with Gasteiger partial charge in [0.05, 0.1) is 12.0 Å². The first-order chi connectivity index (χ1) is 14.9. The molecule has 31 heavy (non-hydrogen) atoms. The average molecular weight is 460 g/mol. The van der Waals surface area contributed by atoms with Crippen molar-refractivity contribution in [3.8, 4) is 5.75 Å². The summed E-state index contributed by atoms with van der Waals surface area (Å²) in [6.45, 7) is 0.545. The van der Waals surface area contributed by atoms with Gasteiger partial charge in [0.25, 0.3) is 0 Å². The molecule has 1 N–H and O–H groups in total. The number of halogens is 1. The van der Waals surface area contributed by atoms with Crippen LogP contribution in [0.25, 0.3) is 10.9 Å². The van der Waals surface area contributed by atoms with E-state index in [-0.39, 0.29) is 29.8 Å². The molecule has 1 aliphatic rings. The van der Waals surface area contributed by atoms with E-state index in [0.29, 0.717) is 40.2 Å². The third kappa shape index (κ3) is 4.37. The molecule has 1 fully saturated rings. The lowest BCUT2D eigenvalue weighted by Crippen LogP contribution is -2.41. The Morgan fingerprint density at radius 3 is 2.52 bits per heavy atom. The number of amides is 1. The molecule has 2 aromatic carbocycles. The molecule has 3 aromatic rings. The number of rotatable bonds is 5. The number of benzene rings is 2. The zero-order valence-electron chi connectivity index (χ0n) is 16.9. The third-order valence-electron chi connectivity index (χ3n) is 5.47. The van der Waals surface area contributed by atoms with Crippen molar-refractivity contribution in [1.82, 2.24) is 9.29 Å². The fourth-order valence-corrected chi connectivity index (χ4v) is 5.56. The van der Waals surface area contributed by atoms with Crippen LogP contribution in [-0.2, 0) is 14.8 Å². The highest BCUT2D eigenvalue weighted by Gasteiger charge is 2.33. The van der Waals surface area contributed by atoms with Crippen LogP contribution in [0.3, 0.4) is 0 Å². The number of carbonyl (C=O) groups is 1. The van der Waals surface area contributed by atoms with Gasteiger partial charge in [-0.25, -0.2) is 8.42 Å². The lowest BCUT2D eigenvalue weighted by Gasteiger charge is -2.31. The van der Waals surface area contributed by atoms with Crippen molar-refractivity contribution in [2.24, 2.45) is 5.92 Å². The Morgan fingerprint density at radius 2 is 1.84 bits per heavy atom. The first-order valence-corrected chi connectivity index (χ1v) is 11.7. The van der Waals surface area contributed by atoms with E-state index in [1.54, 1.807) is 54.7 Å². The molecule has 0 aliphatic carbocycles. The predicted octanol–water partition coefficient (Wildman–Crippen LogP) is 3.94. The molecular formula is C22H22ClN3O4S. The Morgan fingerprint density at radius 1 is 1.13 bits per heavy atom. The Labute approximate surface area is 186 Å². The lowest BCUT2D eigenvalue weighted by molar-refractivity contribution is -0.120. The van der Waals surface area contributed by atoms with Gasteiger partial charge in [0.2, 0.25) is 15.9 Å². The summed E-state index contributed by atoms with van der Waals surface area (Å²) in [4.78, 5) is 17.1. The van der Waals surface area contributed by atoms with Gasteiger partial charge in [-0.2, -0.15) is 4.31 Å². The maximum absolute atomic E-state index is 13.3. The number of fused-ring (bicyclic) bond motifs is 1. The smallest absolute Gasteiger partial charge is 0.243 e. The average Bonchev–Trinajstić information content (AvgIpc) is 2.79. The summed E-state index contributed by atoms with van der Waals surface area (Å²) in [6.07, 6.45) is 2.50. The number of ether oxygens (including phenoxy) is 1. The van der Waals surface area contributed by atoms with Crippen LogP contribution in [0.15, 0.2) is 59.6 Å². The maximum Gasteiger partial charge on any atom is 0.243 e. The number of nitrogens with zero attached hydrogens (tertiary/aromatic N) is 2. The SMILES string of the molecule is COc1ccc(S(=O)(=O)N2CCC(C(=O)Nc3ccc(Cl)cc3)CC2)c2cccnc12. The minimum atomic E-state index is -3.73. The summed E-state index contributed by atoms with van der Waals surface area (Å²) >= 11 is 5.87. The van der Waals surface area contributed by atoms with Gasteiger partial charge in [-0.1, -0.05) is 11.6 Å². The van der Waals surface area contributed by atoms with Gasteiger partial charge in [-0.15, -0.1) is 0 Å². The molecule has 4 rings (SSSR count). The fourth-order valence-electron chi connectivity index (χ4n) is 3.79. The molecule has 0 bridgehead atoms. The summed E-state index contributed by atoms with van der Waals surface area (Å²) in [5.41, 5.74) is 1.17. The van der Waals surface area contributed by atoms with E-state index in [1.807, 2.05) is 0 Å². The van der Waals surface area contributed by atoms with Crippen LogP contribution in [-0.4, -0.2) is 43.8 Å². The van der Waals surface area contributed by atoms with Gasteiger partial charge in [0.15, 0.2) is 0 Å². The number of aromatic nitrogens is 1. The number of methoxy groups -OCH3 is 1. The molecule has 0 saturated carbocycles. The van der Waals surface area contributed by atoms with Crippen molar-refractivity contribution in [2.45, 2.75) is 17.7 Å². The third-order valence-corrected chi connectivity index (χ3v) is 7.68. The molecule has 1 saturated heterocycles. The zero-order valence-corrected chi connectivity index (χ0v) is 18.5. The van der Waals surface area contributed by atoms with Gasteiger partial charge in [0, 0.05) is 41.3 Å². The molecular weight excluding hydrogens is 438 g/mol. The first kappa shape index (κ1) is 21.5. The zero-order chi connectivity index (χ0) is 22.0.